The second-order valence-electron chi connectivity index (χ2n) is 4.63. The Bertz CT molecular complexity index is 635. The number of nitrogens with zero attached hydrogens (tertiary/aromatic N) is 1. The van der Waals surface area contributed by atoms with Crippen LogP contribution in [-0.2, 0) is 0 Å². The Morgan fingerprint density at radius 1 is 1.16 bits per heavy atom. The number of pyridine rings is 1. The highest BCUT2D eigenvalue weighted by atomic mass is 16.5. The lowest BCUT2D eigenvalue weighted by atomic mass is 9.99. The highest BCUT2D eigenvalue weighted by Gasteiger charge is 2.28. The van der Waals surface area contributed by atoms with Crippen LogP contribution in [-0.4, -0.2) is 22.4 Å². The molecule has 1 aliphatic heterocycles. The molecule has 4 heteroatoms. The number of aliphatic hydroxyl groups is 1. The summed E-state index contributed by atoms with van der Waals surface area (Å²) in [7, 11) is 0. The van der Waals surface area contributed by atoms with Gasteiger partial charge in [-0.3, -0.25) is 4.79 Å². The van der Waals surface area contributed by atoms with E-state index in [1.807, 2.05) is 24.3 Å². The first-order valence-electron chi connectivity index (χ1n) is 6.34. The first kappa shape index (κ1) is 12.0. The van der Waals surface area contributed by atoms with E-state index < -0.39 is 12.1 Å². The van der Waals surface area contributed by atoms with E-state index in [1.165, 1.54) is 6.07 Å². The highest BCUT2D eigenvalue weighted by Crippen LogP contribution is 2.33. The fourth-order valence-corrected chi connectivity index (χ4v) is 2.52. The summed E-state index contributed by atoms with van der Waals surface area (Å²) in [5.41, 5.74) is 0.726. The van der Waals surface area contributed by atoms with E-state index in [4.69, 9.17) is 4.74 Å². The van der Waals surface area contributed by atoms with Crippen LogP contribution in [0, 0.1) is 0 Å². The summed E-state index contributed by atoms with van der Waals surface area (Å²) in [6.45, 7) is 0.455. The summed E-state index contributed by atoms with van der Waals surface area (Å²) in [6.07, 6.45) is 1.57. The Balaban J connectivity index is 2.18. The van der Waals surface area contributed by atoms with Crippen LogP contribution in [0.1, 0.15) is 18.0 Å². The molecule has 0 saturated carbocycles. The Morgan fingerprint density at radius 3 is 2.79 bits per heavy atom. The molecule has 2 atom stereocenters. The smallest absolute Gasteiger partial charge is 0.251 e. The van der Waals surface area contributed by atoms with Crippen molar-refractivity contribution < 1.29 is 9.84 Å². The zero-order valence-electron chi connectivity index (χ0n) is 10.4. The van der Waals surface area contributed by atoms with Crippen molar-refractivity contribution in [1.82, 2.24) is 4.57 Å². The van der Waals surface area contributed by atoms with Crippen LogP contribution < -0.4 is 10.3 Å². The standard InChI is InChI=1S/C15H15NO3/c17-12-8-10-19-13-6-2-1-5-11(13)15(12)16-9-4-3-7-14(16)18/h1-7,9,12,15,17H,8,10H2. The Hall–Kier alpha value is -2.07. The van der Waals surface area contributed by atoms with Crippen LogP contribution in [0.5, 0.6) is 5.75 Å². The molecule has 1 aromatic carbocycles. The minimum atomic E-state index is -0.635. The molecule has 2 heterocycles. The topological polar surface area (TPSA) is 51.5 Å². The largest absolute Gasteiger partial charge is 0.493 e. The molecule has 0 aliphatic carbocycles. The third-order valence-electron chi connectivity index (χ3n) is 3.42. The van der Waals surface area contributed by atoms with E-state index in [0.29, 0.717) is 13.0 Å². The first-order valence-corrected chi connectivity index (χ1v) is 6.34. The number of para-hydroxylation sites is 1. The molecule has 98 valence electrons. The van der Waals surface area contributed by atoms with Crippen LogP contribution >= 0.6 is 0 Å². The molecular weight excluding hydrogens is 242 g/mol. The maximum Gasteiger partial charge on any atom is 0.251 e. The van der Waals surface area contributed by atoms with Gasteiger partial charge in [0, 0.05) is 24.2 Å². The highest BCUT2D eigenvalue weighted by molar-refractivity contribution is 5.38. The summed E-state index contributed by atoms with van der Waals surface area (Å²) in [6, 6.07) is 12.1. The predicted octanol–water partition coefficient (Wildman–Crippen LogP) is 1.58. The van der Waals surface area contributed by atoms with Gasteiger partial charge in [0.2, 0.25) is 0 Å². The number of hydrogen-bond acceptors (Lipinski definition) is 3. The normalized spacial score (nSPS) is 22.2. The van der Waals surface area contributed by atoms with Crippen molar-refractivity contribution in [3.63, 3.8) is 0 Å². The van der Waals surface area contributed by atoms with E-state index in [0.717, 1.165) is 11.3 Å². The zero-order chi connectivity index (χ0) is 13.2. The second-order valence-corrected chi connectivity index (χ2v) is 4.63. The molecule has 0 spiro atoms. The summed E-state index contributed by atoms with van der Waals surface area (Å²) < 4.78 is 7.20. The lowest BCUT2D eigenvalue weighted by molar-refractivity contribution is 0.112. The Kier molecular flexibility index (Phi) is 3.09. The van der Waals surface area contributed by atoms with E-state index >= 15 is 0 Å². The molecule has 2 unspecified atom stereocenters. The zero-order valence-corrected chi connectivity index (χ0v) is 10.4. The predicted molar refractivity (Wildman–Crippen MR) is 71.4 cm³/mol. The fourth-order valence-electron chi connectivity index (χ4n) is 2.52. The molecule has 2 aromatic rings. The van der Waals surface area contributed by atoms with Crippen molar-refractivity contribution in [1.29, 1.82) is 0 Å². The molecule has 4 nitrogen and oxygen atoms in total. The van der Waals surface area contributed by atoms with Gasteiger partial charge in [-0.25, -0.2) is 0 Å². The third-order valence-corrected chi connectivity index (χ3v) is 3.42. The van der Waals surface area contributed by atoms with Gasteiger partial charge in [0.15, 0.2) is 0 Å². The maximum atomic E-state index is 12.0. The van der Waals surface area contributed by atoms with Gasteiger partial charge >= 0.3 is 0 Å². The summed E-state index contributed by atoms with van der Waals surface area (Å²) in [4.78, 5) is 12.0. The van der Waals surface area contributed by atoms with Gasteiger partial charge in [-0.05, 0) is 12.1 Å². The lowest BCUT2D eigenvalue weighted by Crippen LogP contribution is -2.32. The molecular formula is C15H15NO3. The van der Waals surface area contributed by atoms with Crippen molar-refractivity contribution in [3.05, 3.63) is 64.6 Å². The van der Waals surface area contributed by atoms with Gasteiger partial charge in [0.25, 0.3) is 5.56 Å². The van der Waals surface area contributed by atoms with Gasteiger partial charge in [-0.15, -0.1) is 0 Å². The van der Waals surface area contributed by atoms with E-state index in [2.05, 4.69) is 0 Å². The average molecular weight is 257 g/mol. The van der Waals surface area contributed by atoms with Gasteiger partial charge in [-0.2, -0.15) is 0 Å². The van der Waals surface area contributed by atoms with Gasteiger partial charge in [0.05, 0.1) is 18.8 Å². The minimum absolute atomic E-state index is 0.122. The fraction of sp³-hybridized carbons (Fsp3) is 0.267. The van der Waals surface area contributed by atoms with Crippen LogP contribution in [0.3, 0.4) is 0 Å². The molecule has 1 aliphatic rings. The molecule has 1 aromatic heterocycles. The molecule has 0 bridgehead atoms. The molecule has 0 radical (unpaired) electrons. The van der Waals surface area contributed by atoms with E-state index in [9.17, 15) is 9.90 Å². The number of hydrogen-bond donors (Lipinski definition) is 1. The van der Waals surface area contributed by atoms with Crippen LogP contribution in [0.25, 0.3) is 0 Å². The molecule has 0 saturated heterocycles. The minimum Gasteiger partial charge on any atom is -0.493 e. The summed E-state index contributed by atoms with van der Waals surface area (Å²) in [5, 5.41) is 10.3. The van der Waals surface area contributed by atoms with Gasteiger partial charge < -0.3 is 14.4 Å². The number of aliphatic hydroxyl groups excluding tert-OH is 1. The molecule has 0 amide bonds. The third kappa shape index (κ3) is 2.15. The van der Waals surface area contributed by atoms with Crippen LogP contribution in [0.2, 0.25) is 0 Å². The first-order chi connectivity index (χ1) is 9.27. The number of benzene rings is 1. The second kappa shape index (κ2) is 4.90. The van der Waals surface area contributed by atoms with Crippen molar-refractivity contribution in [2.24, 2.45) is 0 Å². The monoisotopic (exact) mass is 257 g/mol. The quantitative estimate of drug-likeness (QED) is 0.844. The summed E-state index contributed by atoms with van der Waals surface area (Å²) in [5.74, 6) is 0.736. The van der Waals surface area contributed by atoms with Crippen molar-refractivity contribution in [2.75, 3.05) is 6.61 Å². The molecule has 1 N–H and O–H groups in total. The summed E-state index contributed by atoms with van der Waals surface area (Å²) >= 11 is 0. The SMILES string of the molecule is O=c1ccccn1C1c2ccccc2OCCC1O. The van der Waals surface area contributed by atoms with E-state index in [1.54, 1.807) is 22.9 Å². The number of ether oxygens (including phenoxy) is 1. The van der Waals surface area contributed by atoms with Crippen molar-refractivity contribution in [3.8, 4) is 5.75 Å². The van der Waals surface area contributed by atoms with Gasteiger partial charge in [-0.1, -0.05) is 24.3 Å². The number of aromatic nitrogens is 1. The Morgan fingerprint density at radius 2 is 1.95 bits per heavy atom. The molecule has 19 heavy (non-hydrogen) atoms. The van der Waals surface area contributed by atoms with Crippen LogP contribution in [0.4, 0.5) is 0 Å². The maximum absolute atomic E-state index is 12.0. The number of fused-ring (bicyclic) bond motifs is 1. The van der Waals surface area contributed by atoms with Crippen molar-refractivity contribution >= 4 is 0 Å². The molecule has 0 fully saturated rings. The van der Waals surface area contributed by atoms with Crippen LogP contribution in [0.15, 0.2) is 53.5 Å². The molecule has 3 rings (SSSR count). The van der Waals surface area contributed by atoms with Crippen molar-refractivity contribution in [2.45, 2.75) is 18.6 Å². The Labute approximate surface area is 110 Å². The lowest BCUT2D eigenvalue weighted by Gasteiger charge is -2.23. The number of rotatable bonds is 1. The van der Waals surface area contributed by atoms with Gasteiger partial charge in [0.1, 0.15) is 5.75 Å². The van der Waals surface area contributed by atoms with E-state index in [-0.39, 0.29) is 5.56 Å². The average Bonchev–Trinajstić information content (AvgIpc) is 2.58.